The van der Waals surface area contributed by atoms with E-state index in [9.17, 15) is 4.79 Å². The molecule has 0 bridgehead atoms. The van der Waals surface area contributed by atoms with Crippen LogP contribution in [0, 0.1) is 0 Å². The minimum Gasteiger partial charge on any atom is -0.437 e. The van der Waals surface area contributed by atoms with Crippen LogP contribution in [0.2, 0.25) is 0 Å². The fourth-order valence-corrected chi connectivity index (χ4v) is 3.19. The number of benzene rings is 1. The van der Waals surface area contributed by atoms with Crippen LogP contribution in [0.4, 0.5) is 0 Å². The molecule has 1 atom stereocenters. The third-order valence-corrected chi connectivity index (χ3v) is 4.50. The van der Waals surface area contributed by atoms with Crippen molar-refractivity contribution in [2.75, 3.05) is 19.6 Å². The number of hydrogen-bond donors (Lipinski definition) is 1. The van der Waals surface area contributed by atoms with E-state index in [1.165, 1.54) is 6.20 Å². The molecule has 1 fully saturated rings. The number of rotatable bonds is 4. The summed E-state index contributed by atoms with van der Waals surface area (Å²) in [5.74, 6) is 1.75. The van der Waals surface area contributed by atoms with Gasteiger partial charge in [-0.05, 0) is 18.2 Å². The first-order valence-corrected chi connectivity index (χ1v) is 8.75. The Balaban J connectivity index is 1.58. The molecule has 2 aromatic heterocycles. The van der Waals surface area contributed by atoms with Crippen molar-refractivity contribution in [1.82, 2.24) is 29.7 Å². The average Bonchev–Trinajstić information content (AvgIpc) is 3.14. The highest BCUT2D eigenvalue weighted by molar-refractivity contribution is 5.95. The number of ether oxygens (including phenoxy) is 1. The highest BCUT2D eigenvalue weighted by Gasteiger charge is 2.31. The van der Waals surface area contributed by atoms with Crippen LogP contribution in [-0.4, -0.2) is 50.0 Å². The van der Waals surface area contributed by atoms with Gasteiger partial charge in [0.2, 0.25) is 5.88 Å². The van der Waals surface area contributed by atoms with Gasteiger partial charge in [0, 0.05) is 57.0 Å². The van der Waals surface area contributed by atoms with Gasteiger partial charge in [0.1, 0.15) is 17.6 Å². The molecule has 0 radical (unpaired) electrons. The predicted molar refractivity (Wildman–Crippen MR) is 98.4 cm³/mol. The number of carbonyl (C=O) groups is 1. The molecule has 8 nitrogen and oxygen atoms in total. The summed E-state index contributed by atoms with van der Waals surface area (Å²) in [4.78, 5) is 27.6. The van der Waals surface area contributed by atoms with Gasteiger partial charge in [0.25, 0.3) is 5.91 Å². The Morgan fingerprint density at radius 2 is 2.19 bits per heavy atom. The molecule has 1 amide bonds. The molecule has 3 aromatic rings. The van der Waals surface area contributed by atoms with Crippen molar-refractivity contribution in [2.45, 2.75) is 6.04 Å². The molecule has 0 saturated carbocycles. The quantitative estimate of drug-likeness (QED) is 0.760. The summed E-state index contributed by atoms with van der Waals surface area (Å²) in [5, 5.41) is 3.34. The Bertz CT molecular complexity index is 927. The van der Waals surface area contributed by atoms with Crippen molar-refractivity contribution in [3.8, 4) is 11.6 Å². The van der Waals surface area contributed by atoms with Crippen molar-refractivity contribution in [1.29, 1.82) is 0 Å². The van der Waals surface area contributed by atoms with Crippen molar-refractivity contribution in [3.63, 3.8) is 0 Å². The Morgan fingerprint density at radius 1 is 1.26 bits per heavy atom. The van der Waals surface area contributed by atoms with E-state index in [1.54, 1.807) is 42.9 Å². The maximum atomic E-state index is 13.2. The van der Waals surface area contributed by atoms with Gasteiger partial charge in [0.05, 0.1) is 6.20 Å². The molecule has 1 unspecified atom stereocenters. The first kappa shape index (κ1) is 17.2. The molecule has 0 spiro atoms. The summed E-state index contributed by atoms with van der Waals surface area (Å²) >= 11 is 0. The summed E-state index contributed by atoms with van der Waals surface area (Å²) < 4.78 is 7.65. The van der Waals surface area contributed by atoms with Crippen molar-refractivity contribution < 1.29 is 9.53 Å². The third kappa shape index (κ3) is 3.65. The number of aryl methyl sites for hydroxylation is 1. The van der Waals surface area contributed by atoms with Gasteiger partial charge in [-0.2, -0.15) is 0 Å². The first-order valence-electron chi connectivity index (χ1n) is 8.75. The highest BCUT2D eigenvalue weighted by Crippen LogP contribution is 2.25. The van der Waals surface area contributed by atoms with E-state index >= 15 is 0 Å². The van der Waals surface area contributed by atoms with Gasteiger partial charge in [-0.15, -0.1) is 0 Å². The van der Waals surface area contributed by atoms with Crippen LogP contribution in [0.1, 0.15) is 22.2 Å². The monoisotopic (exact) mass is 364 g/mol. The lowest BCUT2D eigenvalue weighted by atomic mass is 10.1. The summed E-state index contributed by atoms with van der Waals surface area (Å²) in [6.07, 6.45) is 8.31. The van der Waals surface area contributed by atoms with Crippen molar-refractivity contribution in [3.05, 3.63) is 66.6 Å². The summed E-state index contributed by atoms with van der Waals surface area (Å²) in [7, 11) is 1.94. The minimum absolute atomic E-state index is 0.0471. The lowest BCUT2D eigenvalue weighted by Gasteiger charge is -2.35. The smallest absolute Gasteiger partial charge is 0.254 e. The Labute approximate surface area is 156 Å². The largest absolute Gasteiger partial charge is 0.437 e. The van der Waals surface area contributed by atoms with E-state index < -0.39 is 0 Å². The molecular weight excluding hydrogens is 344 g/mol. The number of nitrogens with zero attached hydrogens (tertiary/aromatic N) is 5. The number of nitrogens with one attached hydrogen (secondary N) is 1. The number of piperazine rings is 1. The number of aromatic nitrogens is 4. The average molecular weight is 364 g/mol. The van der Waals surface area contributed by atoms with Gasteiger partial charge in [0.15, 0.2) is 0 Å². The first-order chi connectivity index (χ1) is 13.2. The third-order valence-electron chi connectivity index (χ3n) is 4.50. The van der Waals surface area contributed by atoms with Crippen molar-refractivity contribution >= 4 is 5.91 Å². The Morgan fingerprint density at radius 3 is 2.96 bits per heavy atom. The van der Waals surface area contributed by atoms with Crippen LogP contribution in [0.5, 0.6) is 11.6 Å². The van der Waals surface area contributed by atoms with Gasteiger partial charge in [-0.1, -0.05) is 6.07 Å². The molecule has 1 aliphatic heterocycles. The molecule has 8 heteroatoms. The second-order valence-electron chi connectivity index (χ2n) is 6.29. The predicted octanol–water partition coefficient (Wildman–Crippen LogP) is 1.79. The van der Waals surface area contributed by atoms with Crippen LogP contribution in [0.15, 0.2) is 55.2 Å². The standard InChI is InChI=1S/C19H20N6O2/c1-24-9-8-23-18(24)16-12-21-7-10-25(16)19(26)14-3-2-4-15(11-14)27-17-13-20-5-6-22-17/h2-6,8-9,11,13,16,21H,7,10,12H2,1H3. The summed E-state index contributed by atoms with van der Waals surface area (Å²) in [6.45, 7) is 2.04. The lowest BCUT2D eigenvalue weighted by molar-refractivity contribution is 0.0620. The molecule has 4 rings (SSSR count). The summed E-state index contributed by atoms with van der Waals surface area (Å²) in [5.41, 5.74) is 0.567. The second kappa shape index (κ2) is 7.55. The number of carbonyl (C=O) groups excluding carboxylic acids is 1. The minimum atomic E-state index is -0.115. The van der Waals surface area contributed by atoms with E-state index in [4.69, 9.17) is 4.74 Å². The van der Waals surface area contributed by atoms with E-state index in [-0.39, 0.29) is 11.9 Å². The topological polar surface area (TPSA) is 85.2 Å². The molecule has 27 heavy (non-hydrogen) atoms. The lowest BCUT2D eigenvalue weighted by Crippen LogP contribution is -2.49. The maximum absolute atomic E-state index is 13.2. The normalized spacial score (nSPS) is 16.9. The van der Waals surface area contributed by atoms with E-state index in [1.807, 2.05) is 22.7 Å². The zero-order valence-corrected chi connectivity index (χ0v) is 14.9. The summed E-state index contributed by atoms with van der Waals surface area (Å²) in [6, 6.07) is 7.00. The maximum Gasteiger partial charge on any atom is 0.254 e. The van der Waals surface area contributed by atoms with Crippen LogP contribution < -0.4 is 10.1 Å². The van der Waals surface area contributed by atoms with Crippen LogP contribution >= 0.6 is 0 Å². The van der Waals surface area contributed by atoms with Crippen LogP contribution in [-0.2, 0) is 7.05 Å². The van der Waals surface area contributed by atoms with E-state index in [2.05, 4.69) is 20.3 Å². The van der Waals surface area contributed by atoms with Crippen LogP contribution in [0.3, 0.4) is 0 Å². The molecule has 1 aliphatic rings. The zero-order chi connectivity index (χ0) is 18.6. The van der Waals surface area contributed by atoms with Crippen molar-refractivity contribution in [2.24, 2.45) is 7.05 Å². The molecule has 138 valence electrons. The Kier molecular flexibility index (Phi) is 4.80. The van der Waals surface area contributed by atoms with E-state index in [0.29, 0.717) is 30.3 Å². The SMILES string of the molecule is Cn1ccnc1C1CNCCN1C(=O)c1cccc(Oc2cnccn2)c1. The second-order valence-corrected chi connectivity index (χ2v) is 6.29. The molecular formula is C19H20N6O2. The number of hydrogen-bond acceptors (Lipinski definition) is 6. The van der Waals surface area contributed by atoms with Gasteiger partial charge >= 0.3 is 0 Å². The molecule has 3 heterocycles. The van der Waals surface area contributed by atoms with Gasteiger partial charge < -0.3 is 19.5 Å². The van der Waals surface area contributed by atoms with Gasteiger partial charge in [-0.3, -0.25) is 9.78 Å². The highest BCUT2D eigenvalue weighted by atomic mass is 16.5. The fourth-order valence-electron chi connectivity index (χ4n) is 3.19. The zero-order valence-electron chi connectivity index (χ0n) is 14.9. The number of imidazole rings is 1. The molecule has 1 N–H and O–H groups in total. The molecule has 1 aromatic carbocycles. The Hall–Kier alpha value is -3.26. The molecule has 0 aliphatic carbocycles. The fraction of sp³-hybridized carbons (Fsp3) is 0.263. The molecule has 1 saturated heterocycles. The number of amides is 1. The van der Waals surface area contributed by atoms with Crippen LogP contribution in [0.25, 0.3) is 0 Å². The van der Waals surface area contributed by atoms with E-state index in [0.717, 1.165) is 12.4 Å². The van der Waals surface area contributed by atoms with Gasteiger partial charge in [-0.25, -0.2) is 9.97 Å².